The lowest BCUT2D eigenvalue weighted by atomic mass is 10.1. The number of aromatic nitrogens is 2. The second-order valence-corrected chi connectivity index (χ2v) is 5.67. The van der Waals surface area contributed by atoms with Gasteiger partial charge in [-0.15, -0.1) is 0 Å². The Morgan fingerprint density at radius 1 is 1.32 bits per heavy atom. The number of hydrogen-bond donors (Lipinski definition) is 0. The maximum atomic E-state index is 5.68. The fraction of sp³-hybridized carbons (Fsp3) is 0.714. The minimum Gasteiger partial charge on any atom is -0.378 e. The van der Waals surface area contributed by atoms with Crippen LogP contribution >= 0.6 is 15.9 Å². The molecule has 19 heavy (non-hydrogen) atoms. The third-order valence-corrected chi connectivity index (χ3v) is 3.78. The number of piperidine rings is 1. The van der Waals surface area contributed by atoms with Gasteiger partial charge in [-0.2, -0.15) is 0 Å². The van der Waals surface area contributed by atoms with E-state index in [1.165, 1.54) is 0 Å². The Hall–Kier alpha value is -0.680. The smallest absolute Gasteiger partial charge is 0.133 e. The predicted molar refractivity (Wildman–Crippen MR) is 80.6 cm³/mol. The second-order valence-electron chi connectivity index (χ2n) is 4.86. The summed E-state index contributed by atoms with van der Waals surface area (Å²) in [4.78, 5) is 11.4. The summed E-state index contributed by atoms with van der Waals surface area (Å²) in [6.45, 7) is 7.05. The molecule has 0 spiro atoms. The van der Waals surface area contributed by atoms with Crippen molar-refractivity contribution in [1.29, 1.82) is 0 Å². The number of hydrogen-bond acceptors (Lipinski definition) is 4. The molecule has 0 amide bonds. The molecule has 1 aliphatic heterocycles. The number of halogens is 1. The molecule has 0 atom stereocenters. The Balaban J connectivity index is 2.02. The van der Waals surface area contributed by atoms with E-state index in [1.54, 1.807) is 0 Å². The number of aryl methyl sites for hydroxylation is 1. The lowest BCUT2D eigenvalue weighted by molar-refractivity contribution is 0.0458. The van der Waals surface area contributed by atoms with Crippen LogP contribution in [0.4, 0.5) is 5.82 Å². The number of ether oxygens (including phenoxy) is 1. The number of anilines is 1. The summed E-state index contributed by atoms with van der Waals surface area (Å²) in [5.74, 6) is 1.97. The molecule has 0 saturated carbocycles. The number of rotatable bonds is 5. The van der Waals surface area contributed by atoms with Crippen molar-refractivity contribution < 1.29 is 4.74 Å². The summed E-state index contributed by atoms with van der Waals surface area (Å²) in [5, 5.41) is 0. The highest BCUT2D eigenvalue weighted by Gasteiger charge is 2.20. The summed E-state index contributed by atoms with van der Waals surface area (Å²) in [6, 6.07) is 2.01. The third-order valence-electron chi connectivity index (χ3n) is 3.37. The quantitative estimate of drug-likeness (QED) is 0.778. The minimum atomic E-state index is 0.418. The van der Waals surface area contributed by atoms with E-state index in [9.17, 15) is 0 Å². The van der Waals surface area contributed by atoms with Gasteiger partial charge < -0.3 is 9.64 Å². The molecular formula is C14H22BrN3O. The highest BCUT2D eigenvalue weighted by molar-refractivity contribution is 9.10. The van der Waals surface area contributed by atoms with Crippen molar-refractivity contribution in [3.8, 4) is 0 Å². The molecule has 1 aromatic heterocycles. The summed E-state index contributed by atoms with van der Waals surface area (Å²) in [6.07, 6.45) is 4.59. The van der Waals surface area contributed by atoms with Crippen LogP contribution in [0.15, 0.2) is 10.7 Å². The zero-order valence-corrected chi connectivity index (χ0v) is 13.3. The van der Waals surface area contributed by atoms with Crippen molar-refractivity contribution in [2.45, 2.75) is 45.6 Å². The molecule has 1 aliphatic rings. The van der Waals surface area contributed by atoms with Crippen molar-refractivity contribution in [3.63, 3.8) is 0 Å². The van der Waals surface area contributed by atoms with Crippen LogP contribution in [-0.2, 0) is 11.2 Å². The van der Waals surface area contributed by atoms with Crippen LogP contribution in [0, 0.1) is 0 Å². The minimum absolute atomic E-state index is 0.418. The molecule has 2 rings (SSSR count). The summed E-state index contributed by atoms with van der Waals surface area (Å²) in [5.41, 5.74) is 0. The Morgan fingerprint density at radius 2 is 2.05 bits per heavy atom. The van der Waals surface area contributed by atoms with Crippen molar-refractivity contribution in [2.75, 3.05) is 24.6 Å². The van der Waals surface area contributed by atoms with Gasteiger partial charge in [0.2, 0.25) is 0 Å². The standard InChI is InChI=1S/C14H22BrN3O/c1-3-5-13-16-12(15)10-14(17-13)18-8-6-11(7-9-18)19-4-2/h10-11H,3-9H2,1-2H3. The summed E-state index contributed by atoms with van der Waals surface area (Å²) < 4.78 is 6.57. The maximum absolute atomic E-state index is 5.68. The van der Waals surface area contributed by atoms with Crippen molar-refractivity contribution >= 4 is 21.7 Å². The van der Waals surface area contributed by atoms with Gasteiger partial charge in [-0.25, -0.2) is 9.97 Å². The SMILES string of the molecule is CCCc1nc(Br)cc(N2CCC(OCC)CC2)n1. The van der Waals surface area contributed by atoms with Crippen LogP contribution in [0.25, 0.3) is 0 Å². The van der Waals surface area contributed by atoms with Gasteiger partial charge in [0.1, 0.15) is 16.2 Å². The van der Waals surface area contributed by atoms with E-state index in [0.717, 1.165) is 61.6 Å². The average molecular weight is 328 g/mol. The zero-order valence-electron chi connectivity index (χ0n) is 11.7. The van der Waals surface area contributed by atoms with E-state index in [1.807, 2.05) is 6.07 Å². The summed E-state index contributed by atoms with van der Waals surface area (Å²) in [7, 11) is 0. The van der Waals surface area contributed by atoms with Crippen LogP contribution in [0.3, 0.4) is 0 Å². The van der Waals surface area contributed by atoms with Crippen LogP contribution in [-0.4, -0.2) is 35.8 Å². The van der Waals surface area contributed by atoms with E-state index in [-0.39, 0.29) is 0 Å². The van der Waals surface area contributed by atoms with Crippen molar-refractivity contribution in [2.24, 2.45) is 0 Å². The van der Waals surface area contributed by atoms with E-state index in [2.05, 4.69) is 44.6 Å². The molecule has 2 heterocycles. The molecule has 1 aromatic rings. The monoisotopic (exact) mass is 327 g/mol. The first-order chi connectivity index (χ1) is 9.22. The van der Waals surface area contributed by atoms with Crippen LogP contribution in [0.1, 0.15) is 38.9 Å². The molecule has 4 nitrogen and oxygen atoms in total. The van der Waals surface area contributed by atoms with Crippen LogP contribution in [0.2, 0.25) is 0 Å². The molecule has 1 saturated heterocycles. The molecule has 0 aromatic carbocycles. The van der Waals surface area contributed by atoms with E-state index in [0.29, 0.717) is 6.10 Å². The molecule has 0 aliphatic carbocycles. The molecular weight excluding hydrogens is 306 g/mol. The fourth-order valence-electron chi connectivity index (χ4n) is 2.44. The fourth-order valence-corrected chi connectivity index (χ4v) is 2.85. The normalized spacial score (nSPS) is 16.9. The lowest BCUT2D eigenvalue weighted by Crippen LogP contribution is -2.37. The van der Waals surface area contributed by atoms with Crippen molar-refractivity contribution in [1.82, 2.24) is 9.97 Å². The third kappa shape index (κ3) is 4.14. The largest absolute Gasteiger partial charge is 0.378 e. The predicted octanol–water partition coefficient (Wildman–Crippen LogP) is 3.20. The molecule has 5 heteroatoms. The molecule has 0 unspecified atom stereocenters. The van der Waals surface area contributed by atoms with Gasteiger partial charge in [-0.1, -0.05) is 6.92 Å². The van der Waals surface area contributed by atoms with Gasteiger partial charge in [0.05, 0.1) is 6.10 Å². The Labute approximate surface area is 123 Å². The van der Waals surface area contributed by atoms with Gasteiger partial charge in [-0.3, -0.25) is 0 Å². The first-order valence-corrected chi connectivity index (χ1v) is 7.92. The average Bonchev–Trinajstić information content (AvgIpc) is 2.40. The van der Waals surface area contributed by atoms with Gasteiger partial charge in [0.15, 0.2) is 0 Å². The van der Waals surface area contributed by atoms with Crippen LogP contribution in [0.5, 0.6) is 0 Å². The highest BCUT2D eigenvalue weighted by atomic mass is 79.9. The Morgan fingerprint density at radius 3 is 2.68 bits per heavy atom. The maximum Gasteiger partial charge on any atom is 0.133 e. The Kier molecular flexibility index (Phi) is 5.58. The zero-order chi connectivity index (χ0) is 13.7. The second kappa shape index (κ2) is 7.20. The van der Waals surface area contributed by atoms with Gasteiger partial charge >= 0.3 is 0 Å². The topological polar surface area (TPSA) is 38.2 Å². The molecule has 0 radical (unpaired) electrons. The first kappa shape index (κ1) is 14.7. The van der Waals surface area contributed by atoms with E-state index in [4.69, 9.17) is 4.74 Å². The summed E-state index contributed by atoms with van der Waals surface area (Å²) >= 11 is 3.48. The van der Waals surface area contributed by atoms with Crippen LogP contribution < -0.4 is 4.90 Å². The molecule has 0 N–H and O–H groups in total. The van der Waals surface area contributed by atoms with E-state index < -0.39 is 0 Å². The molecule has 0 bridgehead atoms. The number of nitrogens with zero attached hydrogens (tertiary/aromatic N) is 3. The van der Waals surface area contributed by atoms with Crippen molar-refractivity contribution in [3.05, 3.63) is 16.5 Å². The highest BCUT2D eigenvalue weighted by Crippen LogP contribution is 2.22. The Bertz CT molecular complexity index is 406. The van der Waals surface area contributed by atoms with Gasteiger partial charge in [-0.05, 0) is 42.1 Å². The van der Waals surface area contributed by atoms with Gasteiger partial charge in [0.25, 0.3) is 0 Å². The molecule has 106 valence electrons. The molecule has 1 fully saturated rings. The van der Waals surface area contributed by atoms with E-state index >= 15 is 0 Å². The first-order valence-electron chi connectivity index (χ1n) is 7.13. The van der Waals surface area contributed by atoms with Gasteiger partial charge in [0, 0.05) is 32.2 Å². The lowest BCUT2D eigenvalue weighted by Gasteiger charge is -2.32.